The van der Waals surface area contributed by atoms with Crippen LogP contribution in [0.25, 0.3) is 11.0 Å². The molecule has 25 heavy (non-hydrogen) atoms. The fourth-order valence-electron chi connectivity index (χ4n) is 2.63. The van der Waals surface area contributed by atoms with E-state index in [2.05, 4.69) is 20.6 Å². The molecular formula is C15H16Cl2N4O3S. The van der Waals surface area contributed by atoms with Crippen LogP contribution in [0.5, 0.6) is 0 Å². The van der Waals surface area contributed by atoms with Crippen molar-refractivity contribution in [2.75, 3.05) is 18.1 Å². The van der Waals surface area contributed by atoms with E-state index < -0.39 is 15.9 Å². The molecule has 1 aromatic heterocycles. The van der Waals surface area contributed by atoms with Gasteiger partial charge in [0.05, 0.1) is 21.1 Å². The molecule has 10 heteroatoms. The number of halogens is 2. The monoisotopic (exact) mass is 402 g/mol. The van der Waals surface area contributed by atoms with Gasteiger partial charge in [-0.15, -0.1) is 0 Å². The van der Waals surface area contributed by atoms with Gasteiger partial charge < -0.3 is 10.6 Å². The van der Waals surface area contributed by atoms with Crippen molar-refractivity contribution in [3.63, 3.8) is 0 Å². The molecule has 0 aliphatic carbocycles. The molecule has 1 atom stereocenters. The van der Waals surface area contributed by atoms with Crippen molar-refractivity contribution in [2.45, 2.75) is 30.3 Å². The van der Waals surface area contributed by atoms with E-state index in [9.17, 15) is 13.2 Å². The number of sulfone groups is 1. The van der Waals surface area contributed by atoms with E-state index in [1.165, 1.54) is 12.1 Å². The Hall–Kier alpha value is -1.64. The SMILES string of the molecule is CS(=O)(=O)c1nc2cc(Cl)c(Cl)cc2nc1NC1CCCCNC1=O. The van der Waals surface area contributed by atoms with E-state index in [0.29, 0.717) is 24.0 Å². The van der Waals surface area contributed by atoms with Crippen LogP contribution in [0.15, 0.2) is 17.2 Å². The number of fused-ring (bicyclic) bond motifs is 1. The zero-order valence-electron chi connectivity index (χ0n) is 13.3. The van der Waals surface area contributed by atoms with Crippen LogP contribution in [0.3, 0.4) is 0 Å². The fourth-order valence-corrected chi connectivity index (χ4v) is 3.67. The Kier molecular flexibility index (Phi) is 5.04. The van der Waals surface area contributed by atoms with Crippen molar-refractivity contribution < 1.29 is 13.2 Å². The van der Waals surface area contributed by atoms with E-state index in [0.717, 1.165) is 19.1 Å². The van der Waals surface area contributed by atoms with Crippen LogP contribution in [-0.4, -0.2) is 43.1 Å². The summed E-state index contributed by atoms with van der Waals surface area (Å²) in [7, 11) is -3.67. The van der Waals surface area contributed by atoms with Gasteiger partial charge in [0.25, 0.3) is 0 Å². The first kappa shape index (κ1) is 18.2. The van der Waals surface area contributed by atoms with Crippen molar-refractivity contribution in [3.05, 3.63) is 22.2 Å². The molecule has 1 saturated heterocycles. The number of hydrogen-bond donors (Lipinski definition) is 2. The highest BCUT2D eigenvalue weighted by atomic mass is 35.5. The minimum absolute atomic E-state index is 0.0374. The summed E-state index contributed by atoms with van der Waals surface area (Å²) >= 11 is 12.0. The molecule has 2 heterocycles. The van der Waals surface area contributed by atoms with Crippen molar-refractivity contribution >= 4 is 55.8 Å². The number of benzene rings is 1. The number of nitrogens with one attached hydrogen (secondary N) is 2. The quantitative estimate of drug-likeness (QED) is 0.817. The lowest BCUT2D eigenvalue weighted by molar-refractivity contribution is -0.121. The number of rotatable bonds is 3. The van der Waals surface area contributed by atoms with Crippen molar-refractivity contribution in [3.8, 4) is 0 Å². The molecule has 2 N–H and O–H groups in total. The van der Waals surface area contributed by atoms with Crippen LogP contribution in [0.2, 0.25) is 10.0 Å². The number of carbonyl (C=O) groups is 1. The zero-order chi connectivity index (χ0) is 18.2. The molecule has 0 saturated carbocycles. The lowest BCUT2D eigenvalue weighted by Crippen LogP contribution is -2.38. The summed E-state index contributed by atoms with van der Waals surface area (Å²) in [5.74, 6) is -0.150. The number of anilines is 1. The van der Waals surface area contributed by atoms with Gasteiger partial charge in [-0.1, -0.05) is 23.2 Å². The largest absolute Gasteiger partial charge is 0.356 e. The first-order valence-corrected chi connectivity index (χ1v) is 10.3. The second-order valence-corrected chi connectivity index (χ2v) is 8.63. The van der Waals surface area contributed by atoms with E-state index in [1.54, 1.807) is 0 Å². The standard InChI is InChI=1S/C15H16Cl2N4O3S/c1-25(23,24)15-13(19-10-4-2-3-5-18-14(10)22)20-11-6-8(16)9(17)7-12(11)21-15/h6-7,10H,2-5H2,1H3,(H,18,22)(H,19,20). The van der Waals surface area contributed by atoms with Crippen LogP contribution in [0.1, 0.15) is 19.3 Å². The van der Waals surface area contributed by atoms with Crippen molar-refractivity contribution in [1.29, 1.82) is 0 Å². The highest BCUT2D eigenvalue weighted by Gasteiger charge is 2.25. The molecule has 3 rings (SSSR count). The van der Waals surface area contributed by atoms with Gasteiger partial charge in [0, 0.05) is 12.8 Å². The molecule has 1 aromatic carbocycles. The molecule has 1 aliphatic rings. The van der Waals surface area contributed by atoms with Crippen LogP contribution in [0.4, 0.5) is 5.82 Å². The first-order chi connectivity index (χ1) is 11.8. The highest BCUT2D eigenvalue weighted by molar-refractivity contribution is 7.90. The van der Waals surface area contributed by atoms with Gasteiger partial charge in [0.15, 0.2) is 20.7 Å². The normalized spacial score (nSPS) is 18.7. The molecule has 1 fully saturated rings. The molecule has 0 bridgehead atoms. The molecular weight excluding hydrogens is 387 g/mol. The second kappa shape index (κ2) is 6.93. The van der Waals surface area contributed by atoms with Gasteiger partial charge >= 0.3 is 0 Å². The van der Waals surface area contributed by atoms with Gasteiger partial charge in [-0.05, 0) is 31.4 Å². The van der Waals surface area contributed by atoms with Gasteiger partial charge in [0.1, 0.15) is 6.04 Å². The number of carbonyl (C=O) groups excluding carboxylic acids is 1. The fraction of sp³-hybridized carbons (Fsp3) is 0.400. The molecule has 1 unspecified atom stereocenters. The third-order valence-corrected chi connectivity index (χ3v) is 5.58. The summed E-state index contributed by atoms with van der Waals surface area (Å²) < 4.78 is 24.3. The van der Waals surface area contributed by atoms with Crippen LogP contribution in [0, 0.1) is 0 Å². The van der Waals surface area contributed by atoms with Crippen LogP contribution < -0.4 is 10.6 Å². The summed E-state index contributed by atoms with van der Waals surface area (Å²) in [6, 6.07) is 2.40. The average molecular weight is 403 g/mol. The maximum Gasteiger partial charge on any atom is 0.242 e. The topological polar surface area (TPSA) is 101 Å². The highest BCUT2D eigenvalue weighted by Crippen LogP contribution is 2.29. The van der Waals surface area contributed by atoms with Gasteiger partial charge in [-0.3, -0.25) is 4.79 Å². The van der Waals surface area contributed by atoms with Gasteiger partial charge in [-0.2, -0.15) is 0 Å². The minimum atomic E-state index is -3.67. The van der Waals surface area contributed by atoms with Gasteiger partial charge in [-0.25, -0.2) is 18.4 Å². The molecule has 134 valence electrons. The Morgan fingerprint density at radius 2 is 1.80 bits per heavy atom. The zero-order valence-corrected chi connectivity index (χ0v) is 15.7. The maximum absolute atomic E-state index is 12.1. The predicted molar refractivity (Wildman–Crippen MR) is 96.9 cm³/mol. The number of hydrogen-bond acceptors (Lipinski definition) is 6. The minimum Gasteiger partial charge on any atom is -0.356 e. The molecule has 1 amide bonds. The molecule has 1 aliphatic heterocycles. The number of nitrogens with zero attached hydrogens (tertiary/aromatic N) is 2. The smallest absolute Gasteiger partial charge is 0.242 e. The Labute approximate surface area is 155 Å². The van der Waals surface area contributed by atoms with E-state index in [1.807, 2.05) is 0 Å². The molecule has 2 aromatic rings. The molecule has 0 radical (unpaired) electrons. The second-order valence-electron chi connectivity index (χ2n) is 5.89. The Morgan fingerprint density at radius 1 is 1.16 bits per heavy atom. The average Bonchev–Trinajstić information content (AvgIpc) is 2.72. The van der Waals surface area contributed by atoms with Gasteiger partial charge in [0.2, 0.25) is 5.91 Å². The lowest BCUT2D eigenvalue weighted by atomic mass is 10.1. The Balaban J connectivity index is 2.11. The Bertz CT molecular complexity index is 949. The summed E-state index contributed by atoms with van der Waals surface area (Å²) in [5, 5.41) is 6.04. The number of amides is 1. The van der Waals surface area contributed by atoms with Crippen LogP contribution >= 0.6 is 23.2 Å². The summed E-state index contributed by atoms with van der Waals surface area (Å²) in [4.78, 5) is 20.6. The third-order valence-electron chi connectivity index (χ3n) is 3.87. The Morgan fingerprint density at radius 3 is 2.44 bits per heavy atom. The summed E-state index contributed by atoms with van der Waals surface area (Å²) in [6.07, 6.45) is 3.34. The maximum atomic E-state index is 12.1. The van der Waals surface area contributed by atoms with Crippen LogP contribution in [-0.2, 0) is 14.6 Å². The van der Waals surface area contributed by atoms with Crippen molar-refractivity contribution in [2.24, 2.45) is 0 Å². The lowest BCUT2D eigenvalue weighted by Gasteiger charge is -2.18. The van der Waals surface area contributed by atoms with E-state index in [4.69, 9.17) is 23.2 Å². The number of aromatic nitrogens is 2. The molecule has 0 spiro atoms. The summed E-state index contributed by atoms with van der Waals surface area (Å²) in [6.45, 7) is 0.605. The van der Waals surface area contributed by atoms with E-state index >= 15 is 0 Å². The molecule has 7 nitrogen and oxygen atoms in total. The van der Waals surface area contributed by atoms with E-state index in [-0.39, 0.29) is 26.8 Å². The summed E-state index contributed by atoms with van der Waals surface area (Å²) in [5.41, 5.74) is 0.698. The van der Waals surface area contributed by atoms with Crippen molar-refractivity contribution in [1.82, 2.24) is 15.3 Å². The predicted octanol–water partition coefficient (Wildman–Crippen LogP) is 2.42. The third kappa shape index (κ3) is 3.96. The first-order valence-electron chi connectivity index (χ1n) is 7.67.